The first-order valence-corrected chi connectivity index (χ1v) is 9.80. The predicted octanol–water partition coefficient (Wildman–Crippen LogP) is 1.68. The fourth-order valence-corrected chi connectivity index (χ4v) is 4.39. The van der Waals surface area contributed by atoms with Gasteiger partial charge in [0.1, 0.15) is 6.04 Å². The van der Waals surface area contributed by atoms with Crippen LogP contribution in [0, 0.1) is 5.92 Å². The number of rotatable bonds is 8. The van der Waals surface area contributed by atoms with Crippen molar-refractivity contribution >= 4 is 21.9 Å². The van der Waals surface area contributed by atoms with Gasteiger partial charge in [0.15, 0.2) is 0 Å². The molecule has 9 heteroatoms. The van der Waals surface area contributed by atoms with Gasteiger partial charge >= 0.3 is 5.97 Å². The Hall–Kier alpha value is -1.87. The monoisotopic (exact) mass is 372 g/mol. The van der Waals surface area contributed by atoms with Gasteiger partial charge in [-0.1, -0.05) is 13.8 Å². The van der Waals surface area contributed by atoms with Crippen LogP contribution in [0.4, 0.5) is 0 Å². The van der Waals surface area contributed by atoms with E-state index in [1.54, 1.807) is 0 Å². The van der Waals surface area contributed by atoms with E-state index in [1.165, 1.54) is 0 Å². The highest BCUT2D eigenvalue weighted by Gasteiger charge is 2.41. The van der Waals surface area contributed by atoms with Gasteiger partial charge in [-0.05, 0) is 43.7 Å². The summed E-state index contributed by atoms with van der Waals surface area (Å²) in [4.78, 5) is 23.2. The fourth-order valence-electron chi connectivity index (χ4n) is 2.82. The largest absolute Gasteiger partial charge is 0.475 e. The first-order valence-electron chi connectivity index (χ1n) is 8.36. The first kappa shape index (κ1) is 19.5. The van der Waals surface area contributed by atoms with Crippen LogP contribution in [0.5, 0.6) is 0 Å². The molecule has 2 heterocycles. The third kappa shape index (κ3) is 4.60. The second-order valence-electron chi connectivity index (χ2n) is 6.52. The molecule has 0 bridgehead atoms. The normalized spacial score (nSPS) is 18.6. The SMILES string of the molecule is CC(C)CCCNC(=O)C1CCCN1S(=O)(=O)c1ccc(C(=O)O)o1. The van der Waals surface area contributed by atoms with Gasteiger partial charge in [-0.15, -0.1) is 0 Å². The van der Waals surface area contributed by atoms with Crippen LogP contribution >= 0.6 is 0 Å². The van der Waals surface area contributed by atoms with Crippen molar-refractivity contribution in [2.45, 2.75) is 50.7 Å². The lowest BCUT2D eigenvalue weighted by Gasteiger charge is -2.22. The summed E-state index contributed by atoms with van der Waals surface area (Å²) in [5.74, 6) is -1.58. The third-order valence-corrected chi connectivity index (χ3v) is 5.90. The Morgan fingerprint density at radius 3 is 2.72 bits per heavy atom. The topological polar surface area (TPSA) is 117 Å². The van der Waals surface area contributed by atoms with Gasteiger partial charge in [-0.3, -0.25) is 4.79 Å². The highest BCUT2D eigenvalue weighted by molar-refractivity contribution is 7.89. The molecule has 0 radical (unpaired) electrons. The van der Waals surface area contributed by atoms with Crippen LogP contribution in [-0.2, 0) is 14.8 Å². The van der Waals surface area contributed by atoms with E-state index in [2.05, 4.69) is 19.2 Å². The molecule has 1 aromatic rings. The third-order valence-electron chi connectivity index (χ3n) is 4.12. The second-order valence-corrected chi connectivity index (χ2v) is 8.35. The average molecular weight is 372 g/mol. The van der Waals surface area contributed by atoms with Crippen molar-refractivity contribution in [2.75, 3.05) is 13.1 Å². The summed E-state index contributed by atoms with van der Waals surface area (Å²) >= 11 is 0. The minimum Gasteiger partial charge on any atom is -0.475 e. The number of carbonyl (C=O) groups is 2. The van der Waals surface area contributed by atoms with Crippen LogP contribution in [0.1, 0.15) is 50.1 Å². The molecule has 1 aromatic heterocycles. The van der Waals surface area contributed by atoms with Gasteiger partial charge < -0.3 is 14.8 Å². The molecule has 1 aliphatic heterocycles. The van der Waals surface area contributed by atoms with Crippen LogP contribution < -0.4 is 5.32 Å². The zero-order chi connectivity index (χ0) is 18.6. The smallest absolute Gasteiger partial charge is 0.371 e. The quantitative estimate of drug-likeness (QED) is 0.671. The van der Waals surface area contributed by atoms with Crippen molar-refractivity contribution in [1.29, 1.82) is 0 Å². The lowest BCUT2D eigenvalue weighted by molar-refractivity contribution is -0.124. The number of aromatic carboxylic acids is 1. The van der Waals surface area contributed by atoms with E-state index in [1.807, 2.05) is 0 Å². The molecule has 140 valence electrons. The van der Waals surface area contributed by atoms with Gasteiger partial charge in [0.05, 0.1) is 0 Å². The molecule has 0 saturated carbocycles. The van der Waals surface area contributed by atoms with Gasteiger partial charge in [0.25, 0.3) is 10.0 Å². The summed E-state index contributed by atoms with van der Waals surface area (Å²) in [6.45, 7) is 4.91. The van der Waals surface area contributed by atoms with E-state index in [-0.39, 0.29) is 12.5 Å². The second kappa shape index (κ2) is 8.01. The number of carboxylic acids is 1. The van der Waals surface area contributed by atoms with Crippen molar-refractivity contribution in [3.63, 3.8) is 0 Å². The van der Waals surface area contributed by atoms with E-state index >= 15 is 0 Å². The Bertz CT molecular complexity index is 725. The summed E-state index contributed by atoms with van der Waals surface area (Å²) in [5, 5.41) is 11.2. The highest BCUT2D eigenvalue weighted by Crippen LogP contribution is 2.27. The fraction of sp³-hybridized carbons (Fsp3) is 0.625. The number of carboxylic acid groups (broad SMARTS) is 1. The Kier molecular flexibility index (Phi) is 6.23. The van der Waals surface area contributed by atoms with Crippen molar-refractivity contribution < 1.29 is 27.5 Å². The van der Waals surface area contributed by atoms with Crippen molar-refractivity contribution in [3.05, 3.63) is 17.9 Å². The standard InChI is InChI=1S/C16H24N2O6S/c1-11(2)5-3-9-17-15(19)12-6-4-10-18(12)25(22,23)14-8-7-13(24-14)16(20)21/h7-8,11-12H,3-6,9-10H2,1-2H3,(H,17,19)(H,20,21). The van der Waals surface area contributed by atoms with Crippen LogP contribution in [0.2, 0.25) is 0 Å². The molecule has 2 N–H and O–H groups in total. The Morgan fingerprint density at radius 1 is 1.40 bits per heavy atom. The van der Waals surface area contributed by atoms with Gasteiger partial charge in [-0.25, -0.2) is 13.2 Å². The number of hydrogen-bond acceptors (Lipinski definition) is 5. The van der Waals surface area contributed by atoms with Crippen LogP contribution in [0.3, 0.4) is 0 Å². The van der Waals surface area contributed by atoms with E-state index in [0.717, 1.165) is 29.3 Å². The van der Waals surface area contributed by atoms with E-state index in [0.29, 0.717) is 25.3 Å². The van der Waals surface area contributed by atoms with Gasteiger partial charge in [0, 0.05) is 13.1 Å². The van der Waals surface area contributed by atoms with E-state index in [4.69, 9.17) is 9.52 Å². The number of nitrogens with zero attached hydrogens (tertiary/aromatic N) is 1. The minimum atomic E-state index is -4.05. The number of furan rings is 1. The zero-order valence-corrected chi connectivity index (χ0v) is 15.2. The Morgan fingerprint density at radius 2 is 2.12 bits per heavy atom. The molecular weight excluding hydrogens is 348 g/mol. The maximum Gasteiger partial charge on any atom is 0.371 e. The molecule has 8 nitrogen and oxygen atoms in total. The van der Waals surface area contributed by atoms with Crippen LogP contribution in [0.15, 0.2) is 21.6 Å². The molecule has 0 aromatic carbocycles. The maximum absolute atomic E-state index is 12.7. The van der Waals surface area contributed by atoms with Gasteiger partial charge in [0.2, 0.25) is 16.8 Å². The number of nitrogens with one attached hydrogen (secondary N) is 1. The molecule has 0 aliphatic carbocycles. The minimum absolute atomic E-state index is 0.204. The van der Waals surface area contributed by atoms with E-state index in [9.17, 15) is 18.0 Å². The Labute approximate surface area is 147 Å². The summed E-state index contributed by atoms with van der Waals surface area (Å²) < 4.78 is 31.3. The lowest BCUT2D eigenvalue weighted by Crippen LogP contribution is -2.46. The number of hydrogen-bond donors (Lipinski definition) is 2. The molecule has 1 unspecified atom stereocenters. The molecule has 1 aliphatic rings. The highest BCUT2D eigenvalue weighted by atomic mass is 32.2. The summed E-state index contributed by atoms with van der Waals surface area (Å²) in [7, 11) is -4.05. The van der Waals surface area contributed by atoms with Crippen molar-refractivity contribution in [2.24, 2.45) is 5.92 Å². The zero-order valence-electron chi connectivity index (χ0n) is 14.4. The van der Waals surface area contributed by atoms with Crippen molar-refractivity contribution in [1.82, 2.24) is 9.62 Å². The number of carbonyl (C=O) groups excluding carboxylic acids is 1. The predicted molar refractivity (Wildman–Crippen MR) is 89.7 cm³/mol. The molecular formula is C16H24N2O6S. The van der Waals surface area contributed by atoms with Crippen LogP contribution in [-0.4, -0.2) is 48.8 Å². The molecule has 1 atom stereocenters. The van der Waals surface area contributed by atoms with E-state index < -0.39 is 32.9 Å². The number of sulfonamides is 1. The molecule has 0 spiro atoms. The maximum atomic E-state index is 12.7. The molecule has 1 fully saturated rings. The average Bonchev–Trinajstić information content (AvgIpc) is 3.19. The van der Waals surface area contributed by atoms with Gasteiger partial charge in [-0.2, -0.15) is 4.31 Å². The van der Waals surface area contributed by atoms with Crippen LogP contribution in [0.25, 0.3) is 0 Å². The first-order chi connectivity index (χ1) is 11.7. The Balaban J connectivity index is 2.06. The molecule has 1 amide bonds. The summed E-state index contributed by atoms with van der Waals surface area (Å²) in [6, 6.07) is 1.41. The molecule has 1 saturated heterocycles. The van der Waals surface area contributed by atoms with Crippen molar-refractivity contribution in [3.8, 4) is 0 Å². The number of amides is 1. The lowest BCUT2D eigenvalue weighted by atomic mass is 10.1. The summed E-state index contributed by atoms with van der Waals surface area (Å²) in [5.41, 5.74) is 0. The summed E-state index contributed by atoms with van der Waals surface area (Å²) in [6.07, 6.45) is 2.82. The molecule has 25 heavy (non-hydrogen) atoms. The molecule has 2 rings (SSSR count).